The predicted molar refractivity (Wildman–Crippen MR) is 121 cm³/mol. The number of halogens is 3. The van der Waals surface area contributed by atoms with E-state index >= 15 is 0 Å². The van der Waals surface area contributed by atoms with Crippen molar-refractivity contribution < 1.29 is 23.1 Å². The van der Waals surface area contributed by atoms with E-state index < -0.39 is 34.6 Å². The highest BCUT2D eigenvalue weighted by molar-refractivity contribution is 6.01. The van der Waals surface area contributed by atoms with Crippen LogP contribution in [0.15, 0.2) is 30.3 Å². The largest absolute Gasteiger partial charge is 0.385 e. The Morgan fingerprint density at radius 3 is 2.28 bits per heavy atom. The van der Waals surface area contributed by atoms with Crippen LogP contribution in [0.1, 0.15) is 43.6 Å². The maximum Gasteiger partial charge on any atom is 0.256 e. The Labute approximate surface area is 187 Å². The van der Waals surface area contributed by atoms with Crippen LogP contribution in [0, 0.1) is 24.4 Å². The van der Waals surface area contributed by atoms with E-state index in [1.807, 2.05) is 32.6 Å². The number of amides is 1. The summed E-state index contributed by atoms with van der Waals surface area (Å²) in [4.78, 5) is 16.3. The van der Waals surface area contributed by atoms with Crippen molar-refractivity contribution >= 4 is 17.3 Å². The number of carbonyl (C=O) groups is 1. The summed E-state index contributed by atoms with van der Waals surface area (Å²) in [5.41, 5.74) is -1.000. The van der Waals surface area contributed by atoms with Gasteiger partial charge in [0.2, 0.25) is 0 Å². The first kappa shape index (κ1) is 25.7. The average molecular weight is 452 g/mol. The van der Waals surface area contributed by atoms with Crippen LogP contribution in [-0.2, 0) is 0 Å². The Balaban J connectivity index is 0.00000176. The minimum absolute atomic E-state index is 0.0687. The van der Waals surface area contributed by atoms with Gasteiger partial charge < -0.3 is 20.2 Å². The van der Waals surface area contributed by atoms with Gasteiger partial charge in [-0.1, -0.05) is 33.8 Å². The molecule has 0 atom stereocenters. The molecule has 1 fully saturated rings. The summed E-state index contributed by atoms with van der Waals surface area (Å²) in [6, 6.07) is 6.30. The predicted octanol–water partition coefficient (Wildman–Crippen LogP) is 4.71. The van der Waals surface area contributed by atoms with Gasteiger partial charge in [0, 0.05) is 6.54 Å². The van der Waals surface area contributed by atoms with Crippen LogP contribution >= 0.6 is 0 Å². The van der Waals surface area contributed by atoms with E-state index in [1.54, 1.807) is 13.0 Å². The van der Waals surface area contributed by atoms with Crippen molar-refractivity contribution in [1.29, 1.82) is 0 Å². The van der Waals surface area contributed by atoms with Crippen molar-refractivity contribution in [3.63, 3.8) is 0 Å². The molecule has 0 unspecified atom stereocenters. The van der Waals surface area contributed by atoms with E-state index in [0.717, 1.165) is 25.2 Å². The quantitative estimate of drug-likeness (QED) is 0.640. The van der Waals surface area contributed by atoms with E-state index in [9.17, 15) is 23.1 Å². The molecule has 0 radical (unpaired) electrons. The Morgan fingerprint density at radius 2 is 1.72 bits per heavy atom. The monoisotopic (exact) mass is 451 g/mol. The smallest absolute Gasteiger partial charge is 0.256 e. The van der Waals surface area contributed by atoms with E-state index in [4.69, 9.17) is 0 Å². The second-order valence-corrected chi connectivity index (χ2v) is 7.74. The minimum Gasteiger partial charge on any atom is -0.385 e. The first-order valence-electron chi connectivity index (χ1n) is 10.9. The normalized spacial score (nSPS) is 14.5. The third kappa shape index (κ3) is 5.61. The lowest BCUT2D eigenvalue weighted by Gasteiger charge is -2.48. The zero-order valence-corrected chi connectivity index (χ0v) is 19.3. The van der Waals surface area contributed by atoms with E-state index in [-0.39, 0.29) is 24.3 Å². The molecule has 0 spiro atoms. The van der Waals surface area contributed by atoms with Crippen LogP contribution in [0.2, 0.25) is 0 Å². The molecule has 3 rings (SSSR count). The summed E-state index contributed by atoms with van der Waals surface area (Å²) < 4.78 is 42.6. The highest BCUT2D eigenvalue weighted by Crippen LogP contribution is 2.31. The number of aryl methyl sites for hydroxylation is 1. The third-order valence-corrected chi connectivity index (χ3v) is 5.38. The second kappa shape index (κ2) is 10.8. The maximum atomic E-state index is 14.5. The van der Waals surface area contributed by atoms with Gasteiger partial charge in [0.1, 0.15) is 11.4 Å². The SMILES string of the molecule is CC.CCN(CC)CC1(O)CN(C(=O)c2ccc(F)c(F)c2Nc2ccc(C)cc2F)C1. The van der Waals surface area contributed by atoms with Crippen LogP contribution in [0.5, 0.6) is 0 Å². The molecule has 2 N–H and O–H groups in total. The molecule has 8 heteroatoms. The Morgan fingerprint density at radius 1 is 1.09 bits per heavy atom. The number of carbonyl (C=O) groups excluding carboxylic acids is 1. The highest BCUT2D eigenvalue weighted by Gasteiger charge is 2.45. The van der Waals surface area contributed by atoms with Crippen LogP contribution < -0.4 is 5.32 Å². The summed E-state index contributed by atoms with van der Waals surface area (Å²) in [6.45, 7) is 11.8. The molecule has 1 aliphatic heterocycles. The molecular weight excluding hydrogens is 419 g/mol. The molecule has 5 nitrogen and oxygen atoms in total. The second-order valence-electron chi connectivity index (χ2n) is 7.74. The standard InChI is InChI=1S/C22H26F3N3O2.C2H6/c1-4-27(5-2)11-22(30)12-28(13-22)21(29)15-7-8-16(23)19(25)20(15)26-18-9-6-14(3)10-17(18)24;1-2/h6-10,26,30H,4-5,11-13H2,1-3H3;1-2H3. The van der Waals surface area contributed by atoms with E-state index in [1.165, 1.54) is 17.0 Å². The number of hydrogen-bond acceptors (Lipinski definition) is 4. The van der Waals surface area contributed by atoms with Crippen molar-refractivity contribution in [2.24, 2.45) is 0 Å². The average Bonchev–Trinajstić information content (AvgIpc) is 2.76. The number of nitrogens with one attached hydrogen (secondary N) is 1. The molecule has 32 heavy (non-hydrogen) atoms. The number of nitrogens with zero attached hydrogens (tertiary/aromatic N) is 2. The fraction of sp³-hybridized carbons (Fsp3) is 0.458. The fourth-order valence-electron chi connectivity index (χ4n) is 3.65. The number of likely N-dealkylation sites (N-methyl/N-ethyl adjacent to an activating group) is 1. The van der Waals surface area contributed by atoms with Gasteiger partial charge in [-0.2, -0.15) is 0 Å². The summed E-state index contributed by atoms with van der Waals surface area (Å²) >= 11 is 0. The van der Waals surface area contributed by atoms with Gasteiger partial charge >= 0.3 is 0 Å². The lowest BCUT2D eigenvalue weighted by atomic mass is 9.92. The maximum absolute atomic E-state index is 14.5. The summed E-state index contributed by atoms with van der Waals surface area (Å²) in [7, 11) is 0. The van der Waals surface area contributed by atoms with Gasteiger partial charge in [0.05, 0.1) is 30.0 Å². The first-order chi connectivity index (χ1) is 15.2. The molecule has 1 aliphatic rings. The number of anilines is 2. The van der Waals surface area contributed by atoms with Gasteiger partial charge in [-0.3, -0.25) is 4.79 Å². The number of likely N-dealkylation sites (tertiary alicyclic amines) is 1. The highest BCUT2D eigenvalue weighted by atomic mass is 19.2. The summed E-state index contributed by atoms with van der Waals surface area (Å²) in [5.74, 6) is -3.62. The summed E-state index contributed by atoms with van der Waals surface area (Å²) in [5, 5.41) is 13.2. The number of benzene rings is 2. The zero-order valence-electron chi connectivity index (χ0n) is 19.3. The Hall–Kier alpha value is -2.58. The number of hydrogen-bond donors (Lipinski definition) is 2. The van der Waals surface area contributed by atoms with E-state index in [2.05, 4.69) is 5.32 Å². The Kier molecular flexibility index (Phi) is 8.69. The van der Waals surface area contributed by atoms with Gasteiger partial charge in [0.25, 0.3) is 5.91 Å². The molecule has 0 bridgehead atoms. The van der Waals surface area contributed by atoms with Crippen LogP contribution in [0.25, 0.3) is 0 Å². The van der Waals surface area contributed by atoms with Crippen molar-refractivity contribution in [2.75, 3.05) is 38.0 Å². The molecule has 1 heterocycles. The van der Waals surface area contributed by atoms with Crippen LogP contribution in [-0.4, -0.2) is 59.1 Å². The lowest BCUT2D eigenvalue weighted by Crippen LogP contribution is -2.67. The molecule has 0 aromatic heterocycles. The third-order valence-electron chi connectivity index (χ3n) is 5.38. The van der Waals surface area contributed by atoms with Crippen molar-refractivity contribution in [2.45, 2.75) is 40.2 Å². The van der Waals surface area contributed by atoms with E-state index in [0.29, 0.717) is 12.1 Å². The number of β-amino-alcohol motifs (C(OH)–C–C–N with tert-alkyl or cyclic N) is 1. The molecule has 1 amide bonds. The summed E-state index contributed by atoms with van der Waals surface area (Å²) in [6.07, 6.45) is 0. The molecule has 2 aromatic rings. The molecule has 0 saturated carbocycles. The van der Waals surface area contributed by atoms with Gasteiger partial charge in [-0.05, 0) is 49.8 Å². The molecule has 1 saturated heterocycles. The van der Waals surface area contributed by atoms with Crippen LogP contribution in [0.4, 0.5) is 24.5 Å². The topological polar surface area (TPSA) is 55.8 Å². The molecular formula is C24H32F3N3O2. The molecule has 2 aromatic carbocycles. The zero-order chi connectivity index (χ0) is 24.1. The van der Waals surface area contributed by atoms with Gasteiger partial charge in [-0.25, -0.2) is 13.2 Å². The molecule has 0 aliphatic carbocycles. The Bertz CT molecular complexity index is 942. The minimum atomic E-state index is -1.26. The van der Waals surface area contributed by atoms with Crippen molar-refractivity contribution in [3.05, 3.63) is 58.9 Å². The van der Waals surface area contributed by atoms with Gasteiger partial charge in [0.15, 0.2) is 11.6 Å². The fourth-order valence-corrected chi connectivity index (χ4v) is 3.65. The number of rotatable bonds is 7. The van der Waals surface area contributed by atoms with Crippen LogP contribution in [0.3, 0.4) is 0 Å². The van der Waals surface area contributed by atoms with Crippen molar-refractivity contribution in [3.8, 4) is 0 Å². The lowest BCUT2D eigenvalue weighted by molar-refractivity contribution is -0.0965. The number of aliphatic hydroxyl groups is 1. The molecule has 176 valence electrons. The van der Waals surface area contributed by atoms with Crippen molar-refractivity contribution in [1.82, 2.24) is 9.80 Å². The van der Waals surface area contributed by atoms with Gasteiger partial charge in [-0.15, -0.1) is 0 Å². The first-order valence-corrected chi connectivity index (χ1v) is 10.9.